The van der Waals surface area contributed by atoms with E-state index in [9.17, 15) is 4.79 Å². The molecule has 0 aliphatic rings. The predicted octanol–water partition coefficient (Wildman–Crippen LogP) is 2.04. The maximum atomic E-state index is 10.4. The Bertz CT molecular complexity index is 429. The minimum atomic E-state index is -0.681. The van der Waals surface area contributed by atoms with Crippen molar-refractivity contribution in [2.75, 3.05) is 0 Å². The smallest absolute Gasteiger partial charge is 0.332 e. The first-order valence-corrected chi connectivity index (χ1v) is 5.32. The zero-order valence-electron chi connectivity index (χ0n) is 9.25. The summed E-state index contributed by atoms with van der Waals surface area (Å²) in [5.41, 5.74) is 11.2. The average Bonchev–Trinajstić information content (AvgIpc) is 2.22. The Morgan fingerprint density at radius 3 is 2.81 bits per heavy atom. The molecule has 3 N–H and O–H groups in total. The second kappa shape index (κ2) is 5.51. The maximum Gasteiger partial charge on any atom is 0.332 e. The van der Waals surface area contributed by atoms with Gasteiger partial charge in [0.1, 0.15) is 0 Å². The summed E-state index contributed by atoms with van der Waals surface area (Å²) in [6.45, 7) is 3.94. The third-order valence-electron chi connectivity index (χ3n) is 2.22. The highest BCUT2D eigenvalue weighted by Crippen LogP contribution is 2.17. The molecule has 1 aromatic rings. The van der Waals surface area contributed by atoms with Crippen molar-refractivity contribution < 1.29 is 4.79 Å². The first kappa shape index (κ1) is 12.5. The van der Waals surface area contributed by atoms with Crippen LogP contribution in [0.5, 0.6) is 0 Å². The fourth-order valence-electron chi connectivity index (χ4n) is 1.40. The van der Waals surface area contributed by atoms with Crippen molar-refractivity contribution in [3.63, 3.8) is 0 Å². The molecule has 0 saturated carbocycles. The number of urea groups is 1. The lowest BCUT2D eigenvalue weighted by Gasteiger charge is -2.07. The predicted molar refractivity (Wildman–Crippen MR) is 65.8 cm³/mol. The van der Waals surface area contributed by atoms with E-state index in [0.717, 1.165) is 22.3 Å². The number of alkyl halides is 1. The van der Waals surface area contributed by atoms with E-state index >= 15 is 0 Å². The highest BCUT2D eigenvalue weighted by atomic mass is 35.5. The van der Waals surface area contributed by atoms with E-state index in [1.54, 1.807) is 6.21 Å². The number of nitrogens with one attached hydrogen (secondary N) is 1. The Hall–Kier alpha value is -1.55. The second-order valence-corrected chi connectivity index (χ2v) is 3.77. The number of primary amides is 1. The summed E-state index contributed by atoms with van der Waals surface area (Å²) >= 11 is 5.83. The van der Waals surface area contributed by atoms with Gasteiger partial charge in [-0.25, -0.2) is 10.2 Å². The van der Waals surface area contributed by atoms with E-state index in [4.69, 9.17) is 17.3 Å². The molecule has 0 saturated heterocycles. The largest absolute Gasteiger partial charge is 0.350 e. The van der Waals surface area contributed by atoms with Gasteiger partial charge in [0.2, 0.25) is 0 Å². The van der Waals surface area contributed by atoms with Gasteiger partial charge in [0.15, 0.2) is 0 Å². The molecule has 0 radical (unpaired) electrons. The van der Waals surface area contributed by atoms with Crippen LogP contribution in [0.25, 0.3) is 0 Å². The van der Waals surface area contributed by atoms with Gasteiger partial charge in [-0.2, -0.15) is 5.10 Å². The summed E-state index contributed by atoms with van der Waals surface area (Å²) < 4.78 is 0. The molecule has 0 atom stereocenters. The van der Waals surface area contributed by atoms with Gasteiger partial charge in [-0.1, -0.05) is 17.7 Å². The van der Waals surface area contributed by atoms with Crippen LogP contribution in [0.15, 0.2) is 17.2 Å². The van der Waals surface area contributed by atoms with E-state index < -0.39 is 6.03 Å². The van der Waals surface area contributed by atoms with E-state index in [-0.39, 0.29) is 0 Å². The maximum absolute atomic E-state index is 10.4. The van der Waals surface area contributed by atoms with Gasteiger partial charge in [-0.05, 0) is 30.5 Å². The van der Waals surface area contributed by atoms with Crippen LogP contribution in [0.2, 0.25) is 0 Å². The minimum Gasteiger partial charge on any atom is -0.350 e. The van der Waals surface area contributed by atoms with Gasteiger partial charge in [0.25, 0.3) is 0 Å². The van der Waals surface area contributed by atoms with Crippen LogP contribution in [0.1, 0.15) is 22.3 Å². The van der Waals surface area contributed by atoms with Crippen LogP contribution < -0.4 is 11.2 Å². The van der Waals surface area contributed by atoms with Crippen molar-refractivity contribution in [1.82, 2.24) is 5.43 Å². The molecule has 0 aliphatic heterocycles. The van der Waals surface area contributed by atoms with E-state index in [0.29, 0.717) is 5.88 Å². The number of rotatable bonds is 3. The number of hydrogen-bond acceptors (Lipinski definition) is 2. The third kappa shape index (κ3) is 3.24. The Kier molecular flexibility index (Phi) is 4.31. The minimum absolute atomic E-state index is 0.456. The SMILES string of the molecule is Cc1cc(/C=N/NC(N)=O)c(C)c(CCl)c1. The van der Waals surface area contributed by atoms with Crippen molar-refractivity contribution in [1.29, 1.82) is 0 Å². The molecule has 0 aliphatic carbocycles. The number of halogens is 1. The Labute approximate surface area is 99.5 Å². The highest BCUT2D eigenvalue weighted by Gasteiger charge is 2.03. The van der Waals surface area contributed by atoms with Crippen LogP contribution in [0, 0.1) is 13.8 Å². The lowest BCUT2D eigenvalue weighted by Crippen LogP contribution is -2.24. The van der Waals surface area contributed by atoms with E-state index in [1.165, 1.54) is 0 Å². The van der Waals surface area contributed by atoms with Crippen molar-refractivity contribution in [2.45, 2.75) is 19.7 Å². The summed E-state index contributed by atoms with van der Waals surface area (Å²) in [5, 5.41) is 3.73. The normalized spacial score (nSPS) is 10.7. The number of hydrogen-bond donors (Lipinski definition) is 2. The molecule has 1 rings (SSSR count). The molecule has 4 nitrogen and oxygen atoms in total. The van der Waals surface area contributed by atoms with Crippen molar-refractivity contribution in [3.05, 3.63) is 34.4 Å². The molecular formula is C11H14ClN3O. The summed E-state index contributed by atoms with van der Waals surface area (Å²) in [4.78, 5) is 10.4. The summed E-state index contributed by atoms with van der Waals surface area (Å²) in [6, 6.07) is 3.32. The zero-order chi connectivity index (χ0) is 12.1. The van der Waals surface area contributed by atoms with Gasteiger partial charge in [0, 0.05) is 5.88 Å². The van der Waals surface area contributed by atoms with Crippen LogP contribution in [-0.2, 0) is 5.88 Å². The third-order valence-corrected chi connectivity index (χ3v) is 2.51. The molecule has 86 valence electrons. The standard InChI is InChI=1S/C11H14ClN3O/c1-7-3-9(5-12)8(2)10(4-7)6-14-15-11(13)16/h3-4,6H,5H2,1-2H3,(H3,13,15,16)/b14-6+. The Morgan fingerprint density at radius 1 is 1.56 bits per heavy atom. The van der Waals surface area contributed by atoms with Gasteiger partial charge in [-0.3, -0.25) is 0 Å². The number of aryl methyl sites for hydroxylation is 1. The molecule has 1 aromatic carbocycles. The fraction of sp³-hybridized carbons (Fsp3) is 0.273. The summed E-state index contributed by atoms with van der Waals surface area (Å²) in [7, 11) is 0. The average molecular weight is 240 g/mol. The molecule has 0 aromatic heterocycles. The number of nitrogens with zero attached hydrogens (tertiary/aromatic N) is 1. The Morgan fingerprint density at radius 2 is 2.25 bits per heavy atom. The van der Waals surface area contributed by atoms with Crippen molar-refractivity contribution in [3.8, 4) is 0 Å². The Balaban J connectivity index is 2.99. The van der Waals surface area contributed by atoms with Gasteiger partial charge < -0.3 is 5.73 Å². The topological polar surface area (TPSA) is 67.5 Å². The number of carbonyl (C=O) groups is 1. The molecule has 0 unspecified atom stereocenters. The summed E-state index contributed by atoms with van der Waals surface area (Å²) in [6.07, 6.45) is 1.56. The van der Waals surface area contributed by atoms with Gasteiger partial charge in [0.05, 0.1) is 6.21 Å². The number of hydrazone groups is 1. The molecule has 2 amide bonds. The quantitative estimate of drug-likeness (QED) is 0.473. The van der Waals surface area contributed by atoms with Crippen LogP contribution >= 0.6 is 11.6 Å². The molecule has 0 bridgehead atoms. The van der Waals surface area contributed by atoms with Gasteiger partial charge in [-0.15, -0.1) is 11.6 Å². The molecular weight excluding hydrogens is 226 g/mol. The van der Waals surface area contributed by atoms with Crippen LogP contribution in [0.4, 0.5) is 4.79 Å². The van der Waals surface area contributed by atoms with Crippen molar-refractivity contribution in [2.24, 2.45) is 10.8 Å². The van der Waals surface area contributed by atoms with E-state index in [1.807, 2.05) is 26.0 Å². The monoisotopic (exact) mass is 239 g/mol. The molecule has 0 heterocycles. The first-order chi connectivity index (χ1) is 7.54. The molecule has 0 spiro atoms. The van der Waals surface area contributed by atoms with Gasteiger partial charge >= 0.3 is 6.03 Å². The van der Waals surface area contributed by atoms with Crippen molar-refractivity contribution >= 4 is 23.8 Å². The van der Waals surface area contributed by atoms with E-state index in [2.05, 4.69) is 10.5 Å². The lowest BCUT2D eigenvalue weighted by atomic mass is 10.0. The molecule has 16 heavy (non-hydrogen) atoms. The highest BCUT2D eigenvalue weighted by molar-refractivity contribution is 6.17. The number of amides is 2. The second-order valence-electron chi connectivity index (χ2n) is 3.51. The van der Waals surface area contributed by atoms with Crippen LogP contribution in [0.3, 0.4) is 0 Å². The molecule has 5 heteroatoms. The summed E-state index contributed by atoms with van der Waals surface area (Å²) in [5.74, 6) is 0.456. The first-order valence-electron chi connectivity index (χ1n) is 4.79. The lowest BCUT2D eigenvalue weighted by molar-refractivity contribution is 0.249. The number of benzene rings is 1. The zero-order valence-corrected chi connectivity index (χ0v) is 10.0. The molecule has 0 fully saturated rings. The fourth-order valence-corrected chi connectivity index (χ4v) is 1.68. The number of carbonyl (C=O) groups excluding carboxylic acids is 1. The van der Waals surface area contributed by atoms with Crippen LogP contribution in [-0.4, -0.2) is 12.2 Å². The number of nitrogens with two attached hydrogens (primary N) is 1.